The molecule has 0 bridgehead atoms. The van der Waals surface area contributed by atoms with Gasteiger partial charge in [-0.1, -0.05) is 164 Å². The highest BCUT2D eigenvalue weighted by atomic mass is 32.2. The number of hydrogen-bond acceptors (Lipinski definition) is 6. The fourth-order valence-corrected chi connectivity index (χ4v) is 9.34. The Labute approximate surface area is 366 Å². The second-order valence-electron chi connectivity index (χ2n) is 16.9. The maximum absolute atomic E-state index is 11.0. The van der Waals surface area contributed by atoms with E-state index in [1.807, 2.05) is 0 Å². The summed E-state index contributed by atoms with van der Waals surface area (Å²) in [6.45, 7) is 28.8. The molecule has 0 saturated carbocycles. The monoisotopic (exact) mass is 867 g/mol. The summed E-state index contributed by atoms with van der Waals surface area (Å²) in [5, 5.41) is -0.158. The molecule has 0 aromatic heterocycles. The lowest BCUT2D eigenvalue weighted by atomic mass is 10.1. The van der Waals surface area contributed by atoms with Crippen molar-refractivity contribution in [2.75, 3.05) is 39.3 Å². The second kappa shape index (κ2) is 27.0. The number of benzene rings is 4. The Kier molecular flexibility index (Phi) is 23.9. The first-order valence-corrected chi connectivity index (χ1v) is 25.6. The van der Waals surface area contributed by atoms with Crippen LogP contribution in [-0.4, -0.2) is 74.2 Å². The highest BCUT2D eigenvalue weighted by Crippen LogP contribution is 2.28. The zero-order valence-corrected chi connectivity index (χ0v) is 40.0. The van der Waals surface area contributed by atoms with E-state index >= 15 is 0 Å². The summed E-state index contributed by atoms with van der Waals surface area (Å²) >= 11 is 0. The van der Waals surface area contributed by atoms with Crippen molar-refractivity contribution < 1.29 is 34.9 Å². The van der Waals surface area contributed by atoms with E-state index in [9.17, 15) is 25.9 Å². The van der Waals surface area contributed by atoms with Gasteiger partial charge in [-0.25, -0.2) is 16.8 Å². The molecule has 0 unspecified atom stereocenters. The van der Waals surface area contributed by atoms with Crippen LogP contribution in [0.3, 0.4) is 0 Å². The van der Waals surface area contributed by atoms with Crippen molar-refractivity contribution >= 4 is 31.0 Å². The highest BCUT2D eigenvalue weighted by Gasteiger charge is 2.27. The number of quaternary nitrogens is 2. The van der Waals surface area contributed by atoms with Crippen LogP contribution in [0.2, 0.25) is 0 Å². The van der Waals surface area contributed by atoms with Gasteiger partial charge >= 0.3 is 0 Å². The van der Waals surface area contributed by atoms with Gasteiger partial charge in [-0.3, -0.25) is 0 Å². The molecule has 0 atom stereocenters. The topological polar surface area (TPSA) is 114 Å². The van der Waals surface area contributed by atoms with Gasteiger partial charge in [0.1, 0.15) is 33.3 Å². The average Bonchev–Trinajstić information content (AvgIpc) is 3.22. The summed E-state index contributed by atoms with van der Waals surface area (Å²) in [7, 11) is -9.48. The molecule has 4 rings (SSSR count). The molecule has 0 fully saturated rings. The molecule has 4 aromatic carbocycles. The number of fused-ring (bicyclic) bond motifs is 1. The largest absolute Gasteiger partial charge is 0.744 e. The van der Waals surface area contributed by atoms with Crippen LogP contribution in [0.5, 0.6) is 0 Å². The van der Waals surface area contributed by atoms with Crippen LogP contribution in [0.15, 0.2) is 94.7 Å². The number of hydrogen-bond donors (Lipinski definition) is 0. The van der Waals surface area contributed by atoms with Gasteiger partial charge in [0.15, 0.2) is 0 Å². The van der Waals surface area contributed by atoms with Gasteiger partial charge in [0.25, 0.3) is 0 Å². The summed E-state index contributed by atoms with van der Waals surface area (Å²) in [6.07, 6.45) is 16.0. The zero-order valence-electron chi connectivity index (χ0n) is 38.4. The van der Waals surface area contributed by atoms with E-state index in [4.69, 9.17) is 0 Å². The Morgan fingerprint density at radius 1 is 0.400 bits per heavy atom. The van der Waals surface area contributed by atoms with Crippen LogP contribution in [-0.2, 0) is 33.3 Å². The number of nitrogens with zero attached hydrogens (tertiary/aromatic N) is 2. The molecule has 4 aromatic rings. The fraction of sp³-hybridized carbons (Fsp3) is 0.560. The van der Waals surface area contributed by atoms with Crippen LogP contribution in [0, 0.1) is 13.8 Å². The van der Waals surface area contributed by atoms with Gasteiger partial charge in [-0.05, 0) is 64.5 Å². The molecule has 0 spiro atoms. The third-order valence-electron chi connectivity index (χ3n) is 11.6. The Balaban J connectivity index is 0.000000311. The number of unbranched alkanes of at least 4 members (excludes halogenated alkanes) is 6. The van der Waals surface area contributed by atoms with Gasteiger partial charge < -0.3 is 18.1 Å². The van der Waals surface area contributed by atoms with Crippen LogP contribution in [0.1, 0.15) is 141 Å². The van der Waals surface area contributed by atoms with Crippen molar-refractivity contribution in [1.82, 2.24) is 0 Å². The SMILES string of the molecule is CCCC[N+](CCCC)(CCCC)Cc1ccc(C)cc1.CCCC[N+](CCCC)(CCCC)Cc1ccc(C)cc1.O=S(=O)([O-])c1cccc2c(S(=O)(=O)[O-])cccc12. The van der Waals surface area contributed by atoms with Gasteiger partial charge in [-0.15, -0.1) is 0 Å². The molecule has 0 radical (unpaired) electrons. The number of rotatable bonds is 24. The van der Waals surface area contributed by atoms with Crippen molar-refractivity contribution in [2.24, 2.45) is 0 Å². The highest BCUT2D eigenvalue weighted by molar-refractivity contribution is 7.86. The molecule has 0 saturated heterocycles. The molecule has 0 aliphatic rings. The smallest absolute Gasteiger partial charge is 0.125 e. The van der Waals surface area contributed by atoms with E-state index in [-0.39, 0.29) is 10.8 Å². The minimum Gasteiger partial charge on any atom is -0.744 e. The van der Waals surface area contributed by atoms with Crippen LogP contribution in [0.25, 0.3) is 10.8 Å². The molecule has 336 valence electrons. The van der Waals surface area contributed by atoms with Crippen LogP contribution >= 0.6 is 0 Å². The van der Waals surface area contributed by atoms with E-state index in [1.165, 1.54) is 185 Å². The Morgan fingerprint density at radius 3 is 0.867 bits per heavy atom. The Hall–Kier alpha value is -3.12. The fourth-order valence-electron chi connectivity index (χ4n) is 7.96. The first-order chi connectivity index (χ1) is 28.5. The first-order valence-electron chi connectivity index (χ1n) is 22.8. The van der Waals surface area contributed by atoms with Gasteiger partial charge in [0, 0.05) is 21.9 Å². The maximum Gasteiger partial charge on any atom is 0.125 e. The third kappa shape index (κ3) is 18.5. The Morgan fingerprint density at radius 2 is 0.650 bits per heavy atom. The normalized spacial score (nSPS) is 12.1. The van der Waals surface area contributed by atoms with Crippen molar-refractivity contribution in [3.8, 4) is 0 Å². The molecule has 0 aliphatic carbocycles. The molecule has 10 heteroatoms. The second-order valence-corrected chi connectivity index (χ2v) is 19.6. The van der Waals surface area contributed by atoms with Crippen molar-refractivity contribution in [3.63, 3.8) is 0 Å². The molecule has 0 amide bonds. The molecular formula is C50H78N2O6S2. The number of aryl methyl sites for hydroxylation is 2. The quantitative estimate of drug-likeness (QED) is 0.0512. The van der Waals surface area contributed by atoms with E-state index in [0.717, 1.165) is 12.1 Å². The third-order valence-corrected chi connectivity index (χ3v) is 13.4. The molecule has 0 aliphatic heterocycles. The molecule has 60 heavy (non-hydrogen) atoms. The zero-order chi connectivity index (χ0) is 44.7. The van der Waals surface area contributed by atoms with Crippen LogP contribution in [0.4, 0.5) is 0 Å². The van der Waals surface area contributed by atoms with Gasteiger partial charge in [0.05, 0.1) is 49.1 Å². The minimum atomic E-state index is -4.74. The van der Waals surface area contributed by atoms with Crippen LogP contribution < -0.4 is 0 Å². The molecule has 0 heterocycles. The van der Waals surface area contributed by atoms with Crippen molar-refractivity contribution in [3.05, 3.63) is 107 Å². The predicted octanol–water partition coefficient (Wildman–Crippen LogP) is 12.1. The maximum atomic E-state index is 11.0. The standard InChI is InChI=1S/2C20H36N.C10H8O6S2/c2*1-5-8-15-21(16-9-6-2,17-10-7-3)18-20-13-11-19(4)12-14-20;11-17(12,13)9-5-1-3-7-8(9)4-2-6-10(7)18(14,15)16/h2*11-14H,5-10,15-18H2,1-4H3;1-6H,(H,11,12,13)(H,14,15,16)/q2*+1;/p-2. The van der Waals surface area contributed by atoms with E-state index < -0.39 is 30.0 Å². The summed E-state index contributed by atoms with van der Waals surface area (Å²) in [4.78, 5) is -1.10. The Bertz CT molecular complexity index is 1820. The van der Waals surface area contributed by atoms with E-state index in [1.54, 1.807) is 0 Å². The summed E-state index contributed by atoms with van der Waals surface area (Å²) in [5.74, 6) is 0. The molecular weight excluding hydrogens is 789 g/mol. The lowest BCUT2D eigenvalue weighted by molar-refractivity contribution is -0.941. The van der Waals surface area contributed by atoms with Crippen molar-refractivity contribution in [1.29, 1.82) is 0 Å². The summed E-state index contributed by atoms with van der Waals surface area (Å²) in [5.41, 5.74) is 5.77. The molecule has 0 N–H and O–H groups in total. The summed E-state index contributed by atoms with van der Waals surface area (Å²) < 4.78 is 68.8. The molecule has 8 nitrogen and oxygen atoms in total. The lowest BCUT2D eigenvalue weighted by Crippen LogP contribution is -2.49. The van der Waals surface area contributed by atoms with E-state index in [2.05, 4.69) is 104 Å². The lowest BCUT2D eigenvalue weighted by Gasteiger charge is -2.39. The summed E-state index contributed by atoms with van der Waals surface area (Å²) in [6, 6.07) is 25.5. The minimum absolute atomic E-state index is 0.0792. The first kappa shape index (κ1) is 53.0. The predicted molar refractivity (Wildman–Crippen MR) is 249 cm³/mol. The van der Waals surface area contributed by atoms with Gasteiger partial charge in [0.2, 0.25) is 0 Å². The van der Waals surface area contributed by atoms with Gasteiger partial charge in [-0.2, -0.15) is 0 Å². The van der Waals surface area contributed by atoms with E-state index in [0.29, 0.717) is 0 Å². The van der Waals surface area contributed by atoms with Crippen molar-refractivity contribution in [2.45, 2.75) is 155 Å². The average molecular weight is 867 g/mol.